The zero-order chi connectivity index (χ0) is 25.2. The lowest BCUT2D eigenvalue weighted by atomic mass is 10.0. The maximum Gasteiger partial charge on any atom is 0.419 e. The number of halogens is 4. The van der Waals surface area contributed by atoms with Crippen LogP contribution in [0.2, 0.25) is 0 Å². The van der Waals surface area contributed by atoms with E-state index in [1.165, 1.54) is 6.21 Å². The molecule has 0 bridgehead atoms. The van der Waals surface area contributed by atoms with E-state index in [9.17, 15) is 22.8 Å². The second-order valence-electron chi connectivity index (χ2n) is 8.63. The lowest BCUT2D eigenvalue weighted by Gasteiger charge is -2.36. The maximum absolute atomic E-state index is 12.9. The third-order valence-corrected chi connectivity index (χ3v) is 7.00. The van der Waals surface area contributed by atoms with Crippen molar-refractivity contribution in [1.82, 2.24) is 20.3 Å². The number of alkyl halides is 4. The quantitative estimate of drug-likeness (QED) is 0.532. The highest BCUT2D eigenvalue weighted by atomic mass is 79.9. The molecule has 2 saturated heterocycles. The molecular formula is C21H25BrF3N7O3. The Morgan fingerprint density at radius 2 is 1.89 bits per heavy atom. The standard InChI is InChI=1S/C21H25BrF3N7O3/c1-12(29-15-10-28-30-18(33)17(15)22)11-35-16-4-7-32(19(16)34)14-2-5-31(6-3-14)20-26-8-13(9-27-20)21(23,24)25/h8-10,12,14,16-17H,2-7,11H2,1H3,(H,30,33)/t12-,16+,17?/m0/s1. The zero-order valence-electron chi connectivity index (χ0n) is 18.9. The van der Waals surface area contributed by atoms with Crippen LogP contribution in [-0.4, -0.2) is 87.9 Å². The predicted molar refractivity (Wildman–Crippen MR) is 125 cm³/mol. The molecule has 2 fully saturated rings. The van der Waals surface area contributed by atoms with Gasteiger partial charge >= 0.3 is 6.18 Å². The molecule has 0 spiro atoms. The molecular weight excluding hydrogens is 535 g/mol. The number of aromatic nitrogens is 2. The molecule has 3 aliphatic heterocycles. The summed E-state index contributed by atoms with van der Waals surface area (Å²) in [5.74, 6) is -0.102. The first-order chi connectivity index (χ1) is 16.6. The number of amides is 2. The van der Waals surface area contributed by atoms with Crippen LogP contribution in [0.15, 0.2) is 22.5 Å². The third-order valence-electron chi connectivity index (χ3n) is 6.11. The Morgan fingerprint density at radius 1 is 1.20 bits per heavy atom. The minimum absolute atomic E-state index is 0.0329. The molecule has 35 heavy (non-hydrogen) atoms. The van der Waals surface area contributed by atoms with Crippen molar-refractivity contribution in [1.29, 1.82) is 0 Å². The topological polar surface area (TPSA) is 112 Å². The van der Waals surface area contributed by atoms with E-state index < -0.39 is 22.7 Å². The van der Waals surface area contributed by atoms with Crippen LogP contribution in [0, 0.1) is 0 Å². The molecule has 1 aromatic rings. The van der Waals surface area contributed by atoms with Gasteiger partial charge in [-0.25, -0.2) is 15.4 Å². The highest BCUT2D eigenvalue weighted by Crippen LogP contribution is 2.29. The van der Waals surface area contributed by atoms with Gasteiger partial charge in [-0.1, -0.05) is 15.9 Å². The summed E-state index contributed by atoms with van der Waals surface area (Å²) in [4.78, 5) is 39.8. The van der Waals surface area contributed by atoms with Crippen molar-refractivity contribution >= 4 is 45.6 Å². The number of nitrogens with zero attached hydrogens (tertiary/aromatic N) is 6. The van der Waals surface area contributed by atoms with Crippen molar-refractivity contribution in [2.75, 3.05) is 31.1 Å². The van der Waals surface area contributed by atoms with Crippen molar-refractivity contribution in [3.63, 3.8) is 0 Å². The van der Waals surface area contributed by atoms with Crippen molar-refractivity contribution < 1.29 is 27.5 Å². The van der Waals surface area contributed by atoms with Gasteiger partial charge in [-0.05, 0) is 19.8 Å². The molecule has 0 aliphatic carbocycles. The Hall–Kier alpha value is -2.61. The average molecular weight is 560 g/mol. The molecule has 4 heterocycles. The van der Waals surface area contributed by atoms with Gasteiger partial charge in [0.1, 0.15) is 10.9 Å². The van der Waals surface area contributed by atoms with E-state index in [1.54, 1.807) is 0 Å². The molecule has 14 heteroatoms. The largest absolute Gasteiger partial charge is 0.419 e. The molecule has 2 amide bonds. The Balaban J connectivity index is 1.25. The second kappa shape index (κ2) is 10.6. The number of piperidine rings is 1. The van der Waals surface area contributed by atoms with E-state index in [2.05, 4.69) is 41.4 Å². The number of nitrogens with one attached hydrogen (secondary N) is 1. The lowest BCUT2D eigenvalue weighted by Crippen LogP contribution is -2.47. The minimum atomic E-state index is -4.47. The van der Waals surface area contributed by atoms with E-state index >= 15 is 0 Å². The van der Waals surface area contributed by atoms with Crippen LogP contribution in [0.5, 0.6) is 0 Å². The van der Waals surface area contributed by atoms with E-state index in [0.717, 1.165) is 12.4 Å². The smallest absolute Gasteiger partial charge is 0.366 e. The maximum atomic E-state index is 12.9. The lowest BCUT2D eigenvalue weighted by molar-refractivity contribution is -0.139. The van der Waals surface area contributed by atoms with Crippen LogP contribution >= 0.6 is 15.9 Å². The molecule has 1 aromatic heterocycles. The molecule has 1 unspecified atom stereocenters. The fourth-order valence-electron chi connectivity index (χ4n) is 4.26. The first-order valence-electron chi connectivity index (χ1n) is 11.2. The zero-order valence-corrected chi connectivity index (χ0v) is 20.5. The number of likely N-dealkylation sites (tertiary alicyclic amines) is 1. The summed E-state index contributed by atoms with van der Waals surface area (Å²) in [6.07, 6.45) is -0.0435. The van der Waals surface area contributed by atoms with Crippen LogP contribution < -0.4 is 10.3 Å². The molecule has 1 N–H and O–H groups in total. The molecule has 3 atom stereocenters. The Kier molecular flexibility index (Phi) is 7.69. The van der Waals surface area contributed by atoms with E-state index in [4.69, 9.17) is 4.74 Å². The highest BCUT2D eigenvalue weighted by Gasteiger charge is 2.38. The van der Waals surface area contributed by atoms with Gasteiger partial charge in [0.15, 0.2) is 0 Å². The van der Waals surface area contributed by atoms with Crippen LogP contribution in [0.25, 0.3) is 0 Å². The molecule has 3 aliphatic rings. The van der Waals surface area contributed by atoms with Crippen LogP contribution in [-0.2, 0) is 20.5 Å². The highest BCUT2D eigenvalue weighted by molar-refractivity contribution is 9.10. The van der Waals surface area contributed by atoms with Gasteiger partial charge in [-0.2, -0.15) is 18.3 Å². The minimum Gasteiger partial charge on any atom is -0.366 e. The third kappa shape index (κ3) is 5.97. The SMILES string of the molecule is C[C@@H](CO[C@@H]1CCN(C2CCN(c3ncc(C(F)(F)F)cn3)CC2)C1=O)N=C1C=NNC(=O)C1Br. The predicted octanol–water partition coefficient (Wildman–Crippen LogP) is 1.79. The van der Waals surface area contributed by atoms with Crippen LogP contribution in [0.1, 0.15) is 31.7 Å². The fourth-order valence-corrected chi connectivity index (χ4v) is 4.60. The molecule has 0 radical (unpaired) electrons. The summed E-state index contributed by atoms with van der Waals surface area (Å²) >= 11 is 3.27. The number of aliphatic imine (C=N–C) groups is 1. The normalized spacial score (nSPS) is 25.9. The summed E-state index contributed by atoms with van der Waals surface area (Å²) in [6, 6.07) is -0.234. The summed E-state index contributed by atoms with van der Waals surface area (Å²) < 4.78 is 44.0. The summed E-state index contributed by atoms with van der Waals surface area (Å²) in [7, 11) is 0. The van der Waals surface area contributed by atoms with Crippen LogP contribution in [0.4, 0.5) is 19.1 Å². The number of ether oxygens (including phenoxy) is 1. The molecule has 4 rings (SSSR count). The van der Waals surface area contributed by atoms with Crippen LogP contribution in [0.3, 0.4) is 0 Å². The van der Waals surface area contributed by atoms with Gasteiger partial charge in [0.25, 0.3) is 11.8 Å². The molecule has 0 aromatic carbocycles. The van der Waals surface area contributed by atoms with E-state index in [0.29, 0.717) is 44.6 Å². The number of hydrazone groups is 1. The number of hydrogen-bond donors (Lipinski definition) is 1. The van der Waals surface area contributed by atoms with Gasteiger partial charge in [0, 0.05) is 44.5 Å². The molecule has 10 nitrogen and oxygen atoms in total. The Bertz CT molecular complexity index is 997. The van der Waals surface area contributed by atoms with E-state index in [-0.39, 0.29) is 36.5 Å². The summed E-state index contributed by atoms with van der Waals surface area (Å²) in [5.41, 5.74) is 1.96. The van der Waals surface area contributed by atoms with E-state index in [1.807, 2.05) is 16.7 Å². The Labute approximate surface area is 208 Å². The fraction of sp³-hybridized carbons (Fsp3) is 0.619. The number of carbonyl (C=O) groups is 2. The molecule has 190 valence electrons. The summed E-state index contributed by atoms with van der Waals surface area (Å²) in [6.45, 7) is 3.74. The second-order valence-corrected chi connectivity index (χ2v) is 9.55. The number of anilines is 1. The number of rotatable bonds is 6. The molecule has 0 saturated carbocycles. The average Bonchev–Trinajstić information content (AvgIpc) is 3.20. The van der Waals surface area contributed by atoms with Gasteiger partial charge in [-0.3, -0.25) is 14.6 Å². The monoisotopic (exact) mass is 559 g/mol. The van der Waals surface area contributed by atoms with Gasteiger partial charge in [0.2, 0.25) is 5.95 Å². The number of carbonyl (C=O) groups excluding carboxylic acids is 2. The van der Waals surface area contributed by atoms with Crippen molar-refractivity contribution in [3.05, 3.63) is 18.0 Å². The first-order valence-corrected chi connectivity index (χ1v) is 12.2. The van der Waals surface area contributed by atoms with Crippen molar-refractivity contribution in [2.24, 2.45) is 10.1 Å². The summed E-state index contributed by atoms with van der Waals surface area (Å²) in [5, 5.41) is 3.75. The van der Waals surface area contributed by atoms with Crippen molar-refractivity contribution in [3.8, 4) is 0 Å². The van der Waals surface area contributed by atoms with Crippen molar-refractivity contribution in [2.45, 2.75) is 55.4 Å². The van der Waals surface area contributed by atoms with Gasteiger partial charge < -0.3 is 14.5 Å². The Morgan fingerprint density at radius 3 is 2.54 bits per heavy atom. The van der Waals surface area contributed by atoms with Gasteiger partial charge in [0.05, 0.1) is 30.1 Å². The number of hydrogen-bond acceptors (Lipinski definition) is 8. The first kappa shape index (κ1) is 25.5. The van der Waals surface area contributed by atoms with Gasteiger partial charge in [-0.15, -0.1) is 0 Å².